The molecule has 1 spiro atoms. The number of nitrogens with two attached hydrogens (primary N) is 1. The van der Waals surface area contributed by atoms with Gasteiger partial charge >= 0.3 is 5.97 Å². The molecule has 8 nitrogen and oxygen atoms in total. The first-order valence-corrected chi connectivity index (χ1v) is 10.3. The van der Waals surface area contributed by atoms with Gasteiger partial charge in [0.05, 0.1) is 43.6 Å². The largest absolute Gasteiger partial charge is 0.462 e. The molecule has 1 saturated carbocycles. The van der Waals surface area contributed by atoms with Gasteiger partial charge < -0.3 is 29.4 Å². The Balaban J connectivity index is 1.62. The summed E-state index contributed by atoms with van der Waals surface area (Å²) in [5.41, 5.74) is 6.57. The summed E-state index contributed by atoms with van der Waals surface area (Å²) in [6.45, 7) is 3.44. The molecule has 1 atom stereocenters. The number of benzene rings is 1. The van der Waals surface area contributed by atoms with Gasteiger partial charge in [0.15, 0.2) is 0 Å². The Morgan fingerprint density at radius 3 is 2.73 bits per heavy atom. The highest BCUT2D eigenvalue weighted by molar-refractivity contribution is 5.94. The molecule has 2 aromatic rings. The average molecular weight is 417 g/mol. The number of fused-ring (bicyclic) bond motifs is 1. The van der Waals surface area contributed by atoms with Crippen LogP contribution in [0.15, 0.2) is 23.1 Å². The molecule has 30 heavy (non-hydrogen) atoms. The Morgan fingerprint density at radius 1 is 1.33 bits per heavy atom. The van der Waals surface area contributed by atoms with Crippen LogP contribution in [0.5, 0.6) is 0 Å². The van der Waals surface area contributed by atoms with Crippen molar-refractivity contribution >= 4 is 22.6 Å². The van der Waals surface area contributed by atoms with Crippen molar-refractivity contribution in [2.45, 2.75) is 37.6 Å². The van der Waals surface area contributed by atoms with E-state index in [9.17, 15) is 9.59 Å². The van der Waals surface area contributed by atoms with Crippen LogP contribution in [0.25, 0.3) is 10.9 Å². The van der Waals surface area contributed by atoms with Crippen LogP contribution in [0.1, 0.15) is 36.2 Å². The van der Waals surface area contributed by atoms with Crippen molar-refractivity contribution in [3.8, 4) is 0 Å². The van der Waals surface area contributed by atoms with Crippen molar-refractivity contribution in [1.29, 1.82) is 0 Å². The number of carbonyl (C=O) groups is 1. The number of carbonyl (C=O) groups excluding carboxylic acids is 1. The molecule has 1 aromatic heterocycles. The van der Waals surface area contributed by atoms with E-state index in [1.54, 1.807) is 24.1 Å². The number of esters is 1. The fourth-order valence-corrected chi connectivity index (χ4v) is 4.39. The van der Waals surface area contributed by atoms with Gasteiger partial charge in [0.1, 0.15) is 11.4 Å². The number of rotatable bonds is 4. The van der Waals surface area contributed by atoms with E-state index in [1.165, 1.54) is 6.07 Å². The number of anilines is 1. The Morgan fingerprint density at radius 2 is 2.07 bits per heavy atom. The number of pyridine rings is 1. The van der Waals surface area contributed by atoms with E-state index in [4.69, 9.17) is 19.9 Å². The molecule has 1 unspecified atom stereocenters. The summed E-state index contributed by atoms with van der Waals surface area (Å²) in [6.07, 6.45) is 3.42. The van der Waals surface area contributed by atoms with E-state index in [0.717, 1.165) is 12.8 Å². The first-order chi connectivity index (χ1) is 14.4. The van der Waals surface area contributed by atoms with Gasteiger partial charge in [-0.1, -0.05) is 0 Å². The van der Waals surface area contributed by atoms with Crippen molar-refractivity contribution < 1.29 is 23.4 Å². The lowest BCUT2D eigenvalue weighted by atomic mass is 10.1. The van der Waals surface area contributed by atoms with Gasteiger partial charge in [-0.05, 0) is 31.9 Å². The van der Waals surface area contributed by atoms with E-state index in [1.807, 2.05) is 4.57 Å². The molecular weight excluding hydrogens is 393 g/mol. The highest BCUT2D eigenvalue weighted by Crippen LogP contribution is 2.39. The van der Waals surface area contributed by atoms with Crippen LogP contribution >= 0.6 is 0 Å². The van der Waals surface area contributed by atoms with Crippen LogP contribution in [0.2, 0.25) is 0 Å². The maximum Gasteiger partial charge on any atom is 0.343 e. The zero-order chi connectivity index (χ0) is 21.0. The fraction of sp³-hybridized carbons (Fsp3) is 0.524. The lowest BCUT2D eigenvalue weighted by Gasteiger charge is -2.26. The number of hydrogen-bond acceptors (Lipinski definition) is 7. The fourth-order valence-electron chi connectivity index (χ4n) is 4.39. The summed E-state index contributed by atoms with van der Waals surface area (Å²) in [7, 11) is 0. The van der Waals surface area contributed by atoms with E-state index in [0.29, 0.717) is 37.5 Å². The van der Waals surface area contributed by atoms with Crippen molar-refractivity contribution in [1.82, 2.24) is 4.57 Å². The standard InChI is InChI=1S/C21H24FN3O5/c1-2-28-20(27)14-9-25(12-3-4-12)16-8-17(15(22)7-13(16)19(14)26)24-10-18(23)21(11-24)29-5-6-30-21/h7-9,12,18H,2-6,10-11,23H2,1H3. The molecule has 2 aliphatic heterocycles. The molecule has 1 aromatic carbocycles. The van der Waals surface area contributed by atoms with Gasteiger partial charge in [0.2, 0.25) is 11.2 Å². The van der Waals surface area contributed by atoms with Crippen LogP contribution in [0.4, 0.5) is 10.1 Å². The normalized spacial score (nSPS) is 22.9. The molecule has 3 heterocycles. The van der Waals surface area contributed by atoms with Crippen LogP contribution in [-0.4, -0.2) is 55.3 Å². The Bertz CT molecular complexity index is 1070. The first-order valence-electron chi connectivity index (χ1n) is 10.3. The molecule has 3 fully saturated rings. The maximum atomic E-state index is 15.2. The third-order valence-corrected chi connectivity index (χ3v) is 6.05. The minimum absolute atomic E-state index is 0.0710. The highest BCUT2D eigenvalue weighted by Gasteiger charge is 2.50. The second-order valence-corrected chi connectivity index (χ2v) is 8.05. The number of aromatic nitrogens is 1. The van der Waals surface area contributed by atoms with E-state index in [2.05, 4.69) is 0 Å². The number of ether oxygens (including phenoxy) is 3. The van der Waals surface area contributed by atoms with Crippen molar-refractivity contribution in [3.63, 3.8) is 0 Å². The molecule has 2 saturated heterocycles. The van der Waals surface area contributed by atoms with Gasteiger partial charge in [-0.25, -0.2) is 9.18 Å². The molecule has 160 valence electrons. The van der Waals surface area contributed by atoms with E-state index < -0.39 is 29.0 Å². The predicted octanol–water partition coefficient (Wildman–Crippen LogP) is 1.54. The van der Waals surface area contributed by atoms with Gasteiger partial charge in [-0.2, -0.15) is 0 Å². The predicted molar refractivity (Wildman–Crippen MR) is 107 cm³/mol. The average Bonchev–Trinajstić information content (AvgIpc) is 3.37. The SMILES string of the molecule is CCOC(=O)c1cn(C2CC2)c2cc(N3CC(N)C4(C3)OCCO4)c(F)cc2c1=O. The first kappa shape index (κ1) is 19.5. The summed E-state index contributed by atoms with van der Waals surface area (Å²) in [6, 6.07) is 2.64. The van der Waals surface area contributed by atoms with Crippen LogP contribution in [-0.2, 0) is 14.2 Å². The van der Waals surface area contributed by atoms with E-state index in [-0.39, 0.29) is 23.6 Å². The molecule has 5 rings (SSSR count). The van der Waals surface area contributed by atoms with Crippen molar-refractivity contribution in [2.24, 2.45) is 5.73 Å². The van der Waals surface area contributed by atoms with Gasteiger partial charge in [0.25, 0.3) is 0 Å². The smallest absolute Gasteiger partial charge is 0.343 e. The molecule has 3 aliphatic rings. The summed E-state index contributed by atoms with van der Waals surface area (Å²) in [5.74, 6) is -2.16. The summed E-state index contributed by atoms with van der Waals surface area (Å²) < 4.78 is 33.5. The molecule has 0 radical (unpaired) electrons. The van der Waals surface area contributed by atoms with Gasteiger partial charge in [0, 0.05) is 24.2 Å². The molecule has 9 heteroatoms. The Hall–Kier alpha value is -2.49. The topological polar surface area (TPSA) is 96.0 Å². The lowest BCUT2D eigenvalue weighted by molar-refractivity contribution is -0.147. The lowest BCUT2D eigenvalue weighted by Crippen LogP contribution is -2.47. The number of halogens is 1. The number of hydrogen-bond donors (Lipinski definition) is 1. The van der Waals surface area contributed by atoms with Crippen LogP contribution in [0.3, 0.4) is 0 Å². The van der Waals surface area contributed by atoms with Crippen molar-refractivity contribution in [3.05, 3.63) is 39.9 Å². The summed E-state index contributed by atoms with van der Waals surface area (Å²) >= 11 is 0. The van der Waals surface area contributed by atoms with E-state index >= 15 is 4.39 Å². The maximum absolute atomic E-state index is 15.2. The summed E-state index contributed by atoms with van der Waals surface area (Å²) in [4.78, 5) is 27.0. The van der Waals surface area contributed by atoms with Gasteiger partial charge in [-0.15, -0.1) is 0 Å². The molecule has 0 bridgehead atoms. The number of nitrogens with zero attached hydrogens (tertiary/aromatic N) is 2. The Labute approximate surface area is 172 Å². The van der Waals surface area contributed by atoms with Crippen LogP contribution in [0, 0.1) is 5.82 Å². The molecule has 2 N–H and O–H groups in total. The zero-order valence-corrected chi connectivity index (χ0v) is 16.7. The van der Waals surface area contributed by atoms with Crippen LogP contribution < -0.4 is 16.1 Å². The van der Waals surface area contributed by atoms with Gasteiger partial charge in [-0.3, -0.25) is 4.79 Å². The quantitative estimate of drug-likeness (QED) is 0.754. The highest BCUT2D eigenvalue weighted by atomic mass is 19.1. The molecule has 0 amide bonds. The minimum atomic E-state index is -0.925. The zero-order valence-electron chi connectivity index (χ0n) is 16.7. The second-order valence-electron chi connectivity index (χ2n) is 8.05. The third-order valence-electron chi connectivity index (χ3n) is 6.05. The minimum Gasteiger partial charge on any atom is -0.462 e. The molecular formula is C21H24FN3O5. The van der Waals surface area contributed by atoms with Crippen molar-refractivity contribution in [2.75, 3.05) is 37.8 Å². The third kappa shape index (κ3) is 3.00. The monoisotopic (exact) mass is 417 g/mol. The molecule has 1 aliphatic carbocycles. The summed E-state index contributed by atoms with van der Waals surface area (Å²) in [5, 5.41) is 0.167. The second kappa shape index (κ2) is 7.04. The Kier molecular flexibility index (Phi) is 4.57.